The van der Waals surface area contributed by atoms with Gasteiger partial charge in [-0.1, -0.05) is 19.9 Å². The maximum absolute atomic E-state index is 12.2. The summed E-state index contributed by atoms with van der Waals surface area (Å²) < 4.78 is 5.46. The van der Waals surface area contributed by atoms with E-state index in [4.69, 9.17) is 4.74 Å². The molecule has 0 spiro atoms. The van der Waals surface area contributed by atoms with Crippen LogP contribution in [0.4, 0.5) is 0 Å². The molecule has 1 saturated heterocycles. The molecule has 1 aliphatic heterocycles. The van der Waals surface area contributed by atoms with Gasteiger partial charge in [-0.05, 0) is 31.8 Å². The molecule has 19 heavy (non-hydrogen) atoms. The van der Waals surface area contributed by atoms with E-state index in [0.29, 0.717) is 12.8 Å². The highest BCUT2D eigenvalue weighted by molar-refractivity contribution is 5.96. The molecule has 6 atom stereocenters. The Balaban J connectivity index is 2.04. The van der Waals surface area contributed by atoms with Crippen LogP contribution in [0.5, 0.6) is 0 Å². The molecule has 4 heteroatoms. The van der Waals surface area contributed by atoms with Gasteiger partial charge in [0.1, 0.15) is 6.10 Å². The lowest BCUT2D eigenvalue weighted by atomic mass is 9.54. The Morgan fingerprint density at radius 1 is 1.37 bits per heavy atom. The van der Waals surface area contributed by atoms with E-state index in [0.717, 1.165) is 0 Å². The predicted octanol–water partition coefficient (Wildman–Crippen LogP) is 1.47. The molecule has 1 heterocycles. The fourth-order valence-electron chi connectivity index (χ4n) is 4.27. The van der Waals surface area contributed by atoms with Crippen molar-refractivity contribution in [3.8, 4) is 0 Å². The second kappa shape index (κ2) is 3.69. The van der Waals surface area contributed by atoms with Gasteiger partial charge in [-0.3, -0.25) is 4.79 Å². The van der Waals surface area contributed by atoms with Crippen molar-refractivity contribution >= 4 is 11.8 Å². The zero-order valence-electron chi connectivity index (χ0n) is 11.6. The van der Waals surface area contributed by atoms with E-state index >= 15 is 0 Å². The topological polar surface area (TPSA) is 63.6 Å². The molecule has 0 unspecified atom stereocenters. The van der Waals surface area contributed by atoms with Gasteiger partial charge >= 0.3 is 5.97 Å². The molecule has 0 aromatic heterocycles. The second-order valence-electron chi connectivity index (χ2n) is 6.69. The maximum atomic E-state index is 12.2. The van der Waals surface area contributed by atoms with E-state index in [1.807, 2.05) is 13.0 Å². The van der Waals surface area contributed by atoms with Crippen molar-refractivity contribution in [3.63, 3.8) is 0 Å². The monoisotopic (exact) mass is 264 g/mol. The lowest BCUT2D eigenvalue weighted by molar-refractivity contribution is -0.158. The minimum Gasteiger partial charge on any atom is -0.459 e. The first kappa shape index (κ1) is 12.9. The minimum atomic E-state index is -1.41. The van der Waals surface area contributed by atoms with Crippen LogP contribution in [0, 0.1) is 23.2 Å². The summed E-state index contributed by atoms with van der Waals surface area (Å²) in [6.45, 7) is 5.56. The van der Waals surface area contributed by atoms with Crippen LogP contribution >= 0.6 is 0 Å². The SMILES string of the molecule is C[C@@H]1C=CC(=O)[C@]2(C)CC[C@@H]3[C@@H](OC(=O)[C@@]3(C)O)[C@@H]12. The molecular formula is C15H20O4. The molecule has 0 aromatic rings. The average Bonchev–Trinajstić information content (AvgIpc) is 2.55. The maximum Gasteiger partial charge on any atom is 0.338 e. The number of fused-ring (bicyclic) bond motifs is 3. The van der Waals surface area contributed by atoms with Gasteiger partial charge in [0, 0.05) is 17.3 Å². The van der Waals surface area contributed by atoms with Crippen molar-refractivity contribution in [3.05, 3.63) is 12.2 Å². The van der Waals surface area contributed by atoms with Gasteiger partial charge in [0.25, 0.3) is 0 Å². The van der Waals surface area contributed by atoms with Gasteiger partial charge in [0.15, 0.2) is 11.4 Å². The molecule has 1 N–H and O–H groups in total. The normalized spacial score (nSPS) is 52.6. The summed E-state index contributed by atoms with van der Waals surface area (Å²) in [5, 5.41) is 10.3. The lowest BCUT2D eigenvalue weighted by Crippen LogP contribution is -2.54. The summed E-state index contributed by atoms with van der Waals surface area (Å²) in [6, 6.07) is 0. The van der Waals surface area contributed by atoms with E-state index in [9.17, 15) is 14.7 Å². The van der Waals surface area contributed by atoms with Crippen molar-refractivity contribution in [1.29, 1.82) is 0 Å². The fourth-order valence-corrected chi connectivity index (χ4v) is 4.27. The predicted molar refractivity (Wildman–Crippen MR) is 68.1 cm³/mol. The molecule has 0 amide bonds. The van der Waals surface area contributed by atoms with E-state index in [1.54, 1.807) is 6.08 Å². The molecule has 0 aromatic carbocycles. The van der Waals surface area contributed by atoms with Gasteiger partial charge in [0.05, 0.1) is 0 Å². The van der Waals surface area contributed by atoms with Crippen LogP contribution in [0.15, 0.2) is 12.2 Å². The number of ether oxygens (including phenoxy) is 1. The number of hydrogen-bond acceptors (Lipinski definition) is 4. The Hall–Kier alpha value is -1.16. The first-order chi connectivity index (χ1) is 8.78. The number of hydrogen-bond donors (Lipinski definition) is 1. The number of rotatable bonds is 0. The number of ketones is 1. The molecule has 4 nitrogen and oxygen atoms in total. The standard InChI is InChI=1S/C15H20O4/c1-8-4-5-10(16)14(2)7-6-9-12(11(8)14)19-13(17)15(9,3)18/h4-5,8-9,11-12,18H,6-7H2,1-3H3/t8-,9-,11-,12-,14+,15+/m1/s1. The molecule has 3 aliphatic rings. The van der Waals surface area contributed by atoms with E-state index in [1.165, 1.54) is 6.92 Å². The highest BCUT2D eigenvalue weighted by Crippen LogP contribution is 2.55. The smallest absolute Gasteiger partial charge is 0.338 e. The van der Waals surface area contributed by atoms with Crippen LogP contribution in [0.3, 0.4) is 0 Å². The number of carbonyl (C=O) groups is 2. The summed E-state index contributed by atoms with van der Waals surface area (Å²) >= 11 is 0. The van der Waals surface area contributed by atoms with E-state index in [2.05, 4.69) is 6.92 Å². The quantitative estimate of drug-likeness (QED) is 0.673. The number of esters is 1. The number of allylic oxidation sites excluding steroid dienone is 2. The van der Waals surface area contributed by atoms with E-state index < -0.39 is 17.0 Å². The Labute approximate surface area is 112 Å². The second-order valence-corrected chi connectivity index (χ2v) is 6.69. The molecular weight excluding hydrogens is 244 g/mol. The molecule has 0 radical (unpaired) electrons. The van der Waals surface area contributed by atoms with E-state index in [-0.39, 0.29) is 29.6 Å². The summed E-state index contributed by atoms with van der Waals surface area (Å²) in [7, 11) is 0. The van der Waals surface area contributed by atoms with Crippen molar-refractivity contribution in [2.45, 2.75) is 45.3 Å². The molecule has 0 bridgehead atoms. The van der Waals surface area contributed by atoms with Crippen molar-refractivity contribution in [2.75, 3.05) is 0 Å². The largest absolute Gasteiger partial charge is 0.459 e. The molecule has 3 rings (SSSR count). The Kier molecular flexibility index (Phi) is 2.50. The number of aliphatic hydroxyl groups is 1. The van der Waals surface area contributed by atoms with Crippen molar-refractivity contribution < 1.29 is 19.4 Å². The Morgan fingerprint density at radius 2 is 2.05 bits per heavy atom. The Bertz CT molecular complexity index is 479. The summed E-state index contributed by atoms with van der Waals surface area (Å²) in [5.41, 5.74) is -1.87. The van der Waals surface area contributed by atoms with Gasteiger partial charge in [-0.15, -0.1) is 0 Å². The van der Waals surface area contributed by atoms with Gasteiger partial charge in [-0.2, -0.15) is 0 Å². The lowest BCUT2D eigenvalue weighted by Gasteiger charge is -2.49. The van der Waals surface area contributed by atoms with Crippen molar-refractivity contribution in [2.24, 2.45) is 23.2 Å². The first-order valence-electron chi connectivity index (χ1n) is 6.94. The molecule has 104 valence electrons. The third-order valence-corrected chi connectivity index (χ3v) is 5.52. The van der Waals surface area contributed by atoms with Crippen LogP contribution in [0.1, 0.15) is 33.6 Å². The highest BCUT2D eigenvalue weighted by atomic mass is 16.6. The highest BCUT2D eigenvalue weighted by Gasteiger charge is 2.63. The van der Waals surface area contributed by atoms with Crippen molar-refractivity contribution in [1.82, 2.24) is 0 Å². The summed E-state index contributed by atoms with van der Waals surface area (Å²) in [5.74, 6) is -0.462. The number of carbonyl (C=O) groups excluding carboxylic acids is 2. The van der Waals surface area contributed by atoms with Gasteiger partial charge in [-0.25, -0.2) is 4.79 Å². The molecule has 2 fully saturated rings. The van der Waals surface area contributed by atoms with Gasteiger partial charge in [0.2, 0.25) is 0 Å². The summed E-state index contributed by atoms with van der Waals surface area (Å²) in [6.07, 6.45) is 4.58. The molecule has 1 saturated carbocycles. The zero-order chi connectivity index (χ0) is 14.0. The minimum absolute atomic E-state index is 0.0262. The van der Waals surface area contributed by atoms with Crippen LogP contribution in [0.25, 0.3) is 0 Å². The fraction of sp³-hybridized carbons (Fsp3) is 0.733. The van der Waals surface area contributed by atoms with Crippen LogP contribution in [-0.2, 0) is 14.3 Å². The van der Waals surface area contributed by atoms with Crippen LogP contribution in [0.2, 0.25) is 0 Å². The van der Waals surface area contributed by atoms with Gasteiger partial charge < -0.3 is 9.84 Å². The summed E-state index contributed by atoms with van der Waals surface area (Å²) in [4.78, 5) is 24.1. The third-order valence-electron chi connectivity index (χ3n) is 5.52. The zero-order valence-corrected chi connectivity index (χ0v) is 11.6. The first-order valence-corrected chi connectivity index (χ1v) is 6.94. The van der Waals surface area contributed by atoms with Crippen LogP contribution < -0.4 is 0 Å². The average molecular weight is 264 g/mol. The Morgan fingerprint density at radius 3 is 2.74 bits per heavy atom. The van der Waals surface area contributed by atoms with Crippen LogP contribution in [-0.4, -0.2) is 28.6 Å². The third kappa shape index (κ3) is 1.49. The molecule has 2 aliphatic carbocycles.